The summed E-state index contributed by atoms with van der Waals surface area (Å²) < 4.78 is 6.00. The van der Waals surface area contributed by atoms with Crippen LogP contribution in [-0.2, 0) is 4.74 Å². The zero-order valence-corrected chi connectivity index (χ0v) is 20.1. The Morgan fingerprint density at radius 3 is 2.41 bits per heavy atom. The van der Waals surface area contributed by atoms with E-state index in [0.717, 1.165) is 36.8 Å². The number of rotatable bonds is 3. The molecule has 3 aliphatic rings. The first kappa shape index (κ1) is 21.7. The number of ether oxygens (including phenoxy) is 1. The molecule has 1 fully saturated rings. The highest BCUT2D eigenvalue weighted by Gasteiger charge is 2.39. The van der Waals surface area contributed by atoms with Crippen molar-refractivity contribution < 1.29 is 9.53 Å². The number of hydrogen-bond acceptors (Lipinski definition) is 3. The van der Waals surface area contributed by atoms with Gasteiger partial charge in [-0.1, -0.05) is 77.8 Å². The van der Waals surface area contributed by atoms with Crippen LogP contribution < -0.4 is 0 Å². The number of fused-ring (bicyclic) bond motifs is 5. The Balaban J connectivity index is 1.23. The van der Waals surface area contributed by atoms with Crippen LogP contribution in [0.25, 0.3) is 16.7 Å². The molecular weight excluding hydrogens is 467 g/mol. The normalized spacial score (nSPS) is 21.0. The van der Waals surface area contributed by atoms with E-state index < -0.39 is 0 Å². The van der Waals surface area contributed by atoms with Crippen LogP contribution in [0.4, 0.5) is 4.79 Å². The molecule has 34 heavy (non-hydrogen) atoms. The van der Waals surface area contributed by atoms with Gasteiger partial charge in [-0.05, 0) is 59.6 Å². The Morgan fingerprint density at radius 2 is 1.71 bits per heavy atom. The van der Waals surface area contributed by atoms with Gasteiger partial charge in [0.15, 0.2) is 0 Å². The van der Waals surface area contributed by atoms with Gasteiger partial charge in [0.2, 0.25) is 0 Å². The number of nitrogens with zero attached hydrogens (tertiary/aromatic N) is 2. The zero-order valence-electron chi connectivity index (χ0n) is 18.6. The SMILES string of the molecule is O=C(OCC1c2ccccc2-c2ccccc21)N1C2C=C(c3cc(Cl)ncc3Cl)CC1CCC2. The van der Waals surface area contributed by atoms with Gasteiger partial charge in [0.05, 0.1) is 11.1 Å². The third-order valence-electron chi connectivity index (χ3n) is 7.35. The second-order valence-electron chi connectivity index (χ2n) is 9.25. The quantitative estimate of drug-likeness (QED) is 0.360. The van der Waals surface area contributed by atoms with E-state index in [-0.39, 0.29) is 24.1 Å². The lowest BCUT2D eigenvalue weighted by atomic mass is 9.83. The van der Waals surface area contributed by atoms with Crippen LogP contribution in [-0.4, -0.2) is 34.7 Å². The van der Waals surface area contributed by atoms with Crippen LogP contribution in [0.1, 0.15) is 48.3 Å². The van der Waals surface area contributed by atoms with Crippen molar-refractivity contribution in [2.45, 2.75) is 43.7 Å². The number of aromatic nitrogens is 1. The Hall–Kier alpha value is -2.82. The smallest absolute Gasteiger partial charge is 0.410 e. The first-order chi connectivity index (χ1) is 16.6. The molecule has 6 heteroatoms. The Kier molecular flexibility index (Phi) is 5.59. The molecule has 6 rings (SSSR count). The maximum Gasteiger partial charge on any atom is 0.410 e. The number of carbonyl (C=O) groups excluding carboxylic acids is 1. The lowest BCUT2D eigenvalue weighted by molar-refractivity contribution is 0.0539. The Bertz CT molecular complexity index is 1260. The number of carbonyl (C=O) groups is 1. The van der Waals surface area contributed by atoms with Crippen LogP contribution in [0.2, 0.25) is 10.2 Å². The van der Waals surface area contributed by atoms with Gasteiger partial charge in [-0.2, -0.15) is 0 Å². The fraction of sp³-hybridized carbons (Fsp3) is 0.286. The van der Waals surface area contributed by atoms with E-state index in [0.29, 0.717) is 16.8 Å². The minimum atomic E-state index is -0.231. The molecule has 0 saturated carbocycles. The Labute approximate surface area is 209 Å². The molecule has 2 bridgehead atoms. The van der Waals surface area contributed by atoms with Crippen molar-refractivity contribution in [1.29, 1.82) is 0 Å². The molecule has 2 aliphatic heterocycles. The van der Waals surface area contributed by atoms with E-state index in [1.165, 1.54) is 22.3 Å². The highest BCUT2D eigenvalue weighted by molar-refractivity contribution is 6.33. The number of hydrogen-bond donors (Lipinski definition) is 0. The summed E-state index contributed by atoms with van der Waals surface area (Å²) in [5.41, 5.74) is 6.95. The van der Waals surface area contributed by atoms with Crippen LogP contribution in [0.15, 0.2) is 66.9 Å². The molecule has 1 saturated heterocycles. The summed E-state index contributed by atoms with van der Waals surface area (Å²) in [5.74, 6) is 0.0600. The topological polar surface area (TPSA) is 42.4 Å². The van der Waals surface area contributed by atoms with Crippen LogP contribution in [0.3, 0.4) is 0 Å². The second kappa shape index (κ2) is 8.75. The number of amides is 1. The molecule has 1 aliphatic carbocycles. The molecule has 2 atom stereocenters. The van der Waals surface area contributed by atoms with Crippen LogP contribution in [0.5, 0.6) is 0 Å². The first-order valence-electron chi connectivity index (χ1n) is 11.8. The van der Waals surface area contributed by atoms with E-state index in [2.05, 4.69) is 59.6 Å². The first-order valence-corrected chi connectivity index (χ1v) is 12.5. The average Bonchev–Trinajstić information content (AvgIpc) is 3.17. The van der Waals surface area contributed by atoms with Crippen LogP contribution in [0, 0.1) is 0 Å². The van der Waals surface area contributed by atoms with Crippen molar-refractivity contribution in [2.24, 2.45) is 0 Å². The van der Waals surface area contributed by atoms with Gasteiger partial charge in [-0.25, -0.2) is 9.78 Å². The van der Waals surface area contributed by atoms with E-state index in [1.807, 2.05) is 11.0 Å². The maximum absolute atomic E-state index is 13.4. The standard InChI is InChI=1S/C28H24Cl2N2O2/c29-26-15-31-27(30)14-24(26)17-12-18-6-5-7-19(13-17)32(18)28(33)34-16-25-22-10-3-1-8-20(22)21-9-2-4-11-23(21)25/h1-4,8-12,14-15,18-19,25H,5-7,13,16H2. The van der Waals surface area contributed by atoms with E-state index >= 15 is 0 Å². The highest BCUT2D eigenvalue weighted by atomic mass is 35.5. The summed E-state index contributed by atoms with van der Waals surface area (Å²) in [4.78, 5) is 19.4. The summed E-state index contributed by atoms with van der Waals surface area (Å²) >= 11 is 12.6. The van der Waals surface area contributed by atoms with E-state index in [4.69, 9.17) is 27.9 Å². The average molecular weight is 491 g/mol. The van der Waals surface area contributed by atoms with Gasteiger partial charge < -0.3 is 4.74 Å². The van der Waals surface area contributed by atoms with E-state index in [1.54, 1.807) is 6.20 Å². The Morgan fingerprint density at radius 1 is 1.00 bits per heavy atom. The largest absolute Gasteiger partial charge is 0.448 e. The number of halogens is 2. The zero-order chi connectivity index (χ0) is 23.2. The fourth-order valence-electron chi connectivity index (χ4n) is 5.84. The molecular formula is C28H24Cl2N2O2. The maximum atomic E-state index is 13.4. The van der Waals surface area contributed by atoms with Crippen molar-refractivity contribution in [3.63, 3.8) is 0 Å². The molecule has 0 radical (unpaired) electrons. The van der Waals surface area contributed by atoms with Gasteiger partial charge in [0, 0.05) is 23.7 Å². The van der Waals surface area contributed by atoms with Gasteiger partial charge in [-0.15, -0.1) is 0 Å². The minimum absolute atomic E-state index is 0.00107. The number of pyridine rings is 1. The predicted octanol–water partition coefficient (Wildman–Crippen LogP) is 7.35. The highest BCUT2D eigenvalue weighted by Crippen LogP contribution is 2.45. The molecule has 1 aromatic heterocycles. The van der Waals surface area contributed by atoms with Gasteiger partial charge in [-0.3, -0.25) is 4.90 Å². The van der Waals surface area contributed by atoms with Crippen molar-refractivity contribution >= 4 is 34.9 Å². The summed E-state index contributed by atoms with van der Waals surface area (Å²) in [6, 6.07) is 18.7. The molecule has 4 nitrogen and oxygen atoms in total. The lowest BCUT2D eigenvalue weighted by Gasteiger charge is -2.44. The van der Waals surface area contributed by atoms with Gasteiger partial charge >= 0.3 is 6.09 Å². The molecule has 2 unspecified atom stereocenters. The monoisotopic (exact) mass is 490 g/mol. The third kappa shape index (κ3) is 3.70. The van der Waals surface area contributed by atoms with Crippen molar-refractivity contribution in [3.8, 4) is 11.1 Å². The van der Waals surface area contributed by atoms with Crippen molar-refractivity contribution in [1.82, 2.24) is 9.88 Å². The number of benzene rings is 2. The molecule has 1 amide bonds. The second-order valence-corrected chi connectivity index (χ2v) is 10.0. The lowest BCUT2D eigenvalue weighted by Crippen LogP contribution is -2.51. The van der Waals surface area contributed by atoms with Gasteiger partial charge in [0.25, 0.3) is 0 Å². The van der Waals surface area contributed by atoms with Gasteiger partial charge in [0.1, 0.15) is 11.8 Å². The molecule has 3 aromatic rings. The number of piperidine rings is 1. The van der Waals surface area contributed by atoms with Crippen molar-refractivity contribution in [2.75, 3.05) is 6.61 Å². The van der Waals surface area contributed by atoms with E-state index in [9.17, 15) is 4.79 Å². The van der Waals surface area contributed by atoms with Crippen LogP contribution >= 0.6 is 23.2 Å². The molecule has 172 valence electrons. The molecule has 3 heterocycles. The summed E-state index contributed by atoms with van der Waals surface area (Å²) in [6.07, 6.45) is 7.22. The molecule has 0 spiro atoms. The predicted molar refractivity (Wildman–Crippen MR) is 135 cm³/mol. The third-order valence-corrected chi connectivity index (χ3v) is 7.86. The fourth-order valence-corrected chi connectivity index (χ4v) is 6.22. The summed E-state index contributed by atoms with van der Waals surface area (Å²) in [6.45, 7) is 0.338. The minimum Gasteiger partial charge on any atom is -0.448 e. The molecule has 0 N–H and O–H groups in total. The summed E-state index contributed by atoms with van der Waals surface area (Å²) in [7, 11) is 0. The molecule has 2 aromatic carbocycles. The van der Waals surface area contributed by atoms with Crippen molar-refractivity contribution in [3.05, 3.63) is 93.7 Å². The summed E-state index contributed by atoms with van der Waals surface area (Å²) in [5, 5.41) is 1.01.